The van der Waals surface area contributed by atoms with Crippen LogP contribution in [0, 0.1) is 0 Å². The van der Waals surface area contributed by atoms with E-state index < -0.39 is 97.5 Å². The van der Waals surface area contributed by atoms with Crippen molar-refractivity contribution in [1.29, 1.82) is 0 Å². The number of allylic oxidation sites excluding steroid dienone is 26. The van der Waals surface area contributed by atoms with Crippen molar-refractivity contribution < 1.29 is 80.2 Å². The minimum atomic E-state index is -5.00. The van der Waals surface area contributed by atoms with Crippen LogP contribution in [0.1, 0.15) is 297 Å². The Kier molecular flexibility index (Phi) is 72.0. The van der Waals surface area contributed by atoms with Gasteiger partial charge in [0.05, 0.1) is 26.4 Å². The molecule has 0 aromatic heterocycles. The molecule has 0 amide bonds. The minimum absolute atomic E-state index is 0.0331. The van der Waals surface area contributed by atoms with Gasteiger partial charge in [0.2, 0.25) is 0 Å². The highest BCUT2D eigenvalue weighted by molar-refractivity contribution is 7.47. The van der Waals surface area contributed by atoms with Crippen LogP contribution in [0.2, 0.25) is 0 Å². The second kappa shape index (κ2) is 75.9. The molecular formula is C85H140O17P2. The zero-order chi connectivity index (χ0) is 76.0. The summed E-state index contributed by atoms with van der Waals surface area (Å²) in [5.74, 6) is -2.32. The largest absolute Gasteiger partial charge is 0.472 e. The normalized spacial score (nSPS) is 14.7. The molecule has 0 aliphatic heterocycles. The molecule has 0 radical (unpaired) electrons. The van der Waals surface area contributed by atoms with Gasteiger partial charge in [0.25, 0.3) is 0 Å². The van der Waals surface area contributed by atoms with Gasteiger partial charge in [-0.05, 0) is 135 Å². The van der Waals surface area contributed by atoms with Crippen LogP contribution in [0.4, 0.5) is 0 Å². The van der Waals surface area contributed by atoms with E-state index in [1.807, 2.05) is 18.2 Å². The molecular weight excluding hydrogens is 1350 g/mol. The number of aliphatic hydroxyl groups excluding tert-OH is 1. The third-order valence-corrected chi connectivity index (χ3v) is 17.9. The van der Waals surface area contributed by atoms with Crippen molar-refractivity contribution in [1.82, 2.24) is 0 Å². The smallest absolute Gasteiger partial charge is 0.462 e. The van der Waals surface area contributed by atoms with E-state index in [-0.39, 0.29) is 25.7 Å². The summed E-state index contributed by atoms with van der Waals surface area (Å²) in [4.78, 5) is 73.0. The van der Waals surface area contributed by atoms with Gasteiger partial charge in [-0.15, -0.1) is 0 Å². The van der Waals surface area contributed by atoms with Crippen LogP contribution >= 0.6 is 15.6 Å². The maximum Gasteiger partial charge on any atom is 0.472 e. The number of hydrogen-bond acceptors (Lipinski definition) is 15. The van der Waals surface area contributed by atoms with E-state index in [4.69, 9.17) is 37.0 Å². The third-order valence-electron chi connectivity index (χ3n) is 16.0. The molecule has 0 rings (SSSR count). The van der Waals surface area contributed by atoms with Crippen LogP contribution in [-0.2, 0) is 65.4 Å². The molecule has 17 nitrogen and oxygen atoms in total. The van der Waals surface area contributed by atoms with E-state index in [9.17, 15) is 43.2 Å². The SMILES string of the molecule is CC/C=C\C/C=C\C/C=C\C/C=C\C/C=C\C/C=C\CCC(=O)OCC(COP(=O)(O)OCC(O)COP(=O)(O)OCC(COC(=O)CCCCCC/C=C\C/C=C\C/C=C\C/C=C\CC)OC(=O)CCCCCCC/C=C\C/C=C\C/C=C\CC)OC(=O)CCCCCCCCCCCCCCC. The predicted octanol–water partition coefficient (Wildman–Crippen LogP) is 23.2. The molecule has 0 aliphatic carbocycles. The summed E-state index contributed by atoms with van der Waals surface area (Å²) in [6.45, 7) is 4.40. The van der Waals surface area contributed by atoms with E-state index in [0.29, 0.717) is 32.1 Å². The number of hydrogen-bond donors (Lipinski definition) is 3. The first-order chi connectivity index (χ1) is 50.7. The second-order valence-corrected chi connectivity index (χ2v) is 28.8. The molecule has 0 heterocycles. The van der Waals surface area contributed by atoms with Crippen LogP contribution in [0.5, 0.6) is 0 Å². The van der Waals surface area contributed by atoms with Gasteiger partial charge in [-0.25, -0.2) is 9.13 Å². The summed E-state index contributed by atoms with van der Waals surface area (Å²) >= 11 is 0. The Morgan fingerprint density at radius 2 is 0.519 bits per heavy atom. The quantitative estimate of drug-likeness (QED) is 0.0169. The summed E-state index contributed by atoms with van der Waals surface area (Å²) in [6.07, 6.45) is 88.1. The standard InChI is InChI=1S/C85H140O17P2/c1-5-9-13-17-21-25-29-33-36-38-39-41-44-47-50-54-58-62-66-70-83(88)95-75-80(101-84(89)71-67-63-59-55-51-45-32-28-24-20-16-12-8-4)77-99-103(91,92)97-73-79(86)74-98-104(93,94)100-78-81(102-85(90)72-68-64-60-56-52-48-42-35-31-27-23-19-15-11-7-3)76-96-82(87)69-65-61-57-53-49-46-43-40-37-34-30-26-22-18-14-10-6-2/h9-11,13-15,21-23,25-27,33-37,39,41-43,46-47,50,58,62,79-81,86H,5-8,12,16-20,24,28-32,38,40,44-45,48-49,51-57,59-61,63-78H2,1-4H3,(H,91,92)(H,93,94)/b13-9-,14-10-,15-11-,25-21-,26-22-,27-23-,36-33-,37-34-,41-39-,42-35-,46-43-,50-47-,62-58-. The monoisotopic (exact) mass is 1490 g/mol. The van der Waals surface area contributed by atoms with Crippen molar-refractivity contribution in [2.24, 2.45) is 0 Å². The number of unbranched alkanes of at least 4 members (excludes halogenated alkanes) is 21. The molecule has 0 aromatic carbocycles. The van der Waals surface area contributed by atoms with E-state index in [1.165, 1.54) is 51.4 Å². The molecule has 5 unspecified atom stereocenters. The molecule has 0 aromatic rings. The number of aliphatic hydroxyl groups is 1. The molecule has 592 valence electrons. The van der Waals surface area contributed by atoms with Gasteiger partial charge >= 0.3 is 39.5 Å². The van der Waals surface area contributed by atoms with Gasteiger partial charge in [-0.2, -0.15) is 0 Å². The summed E-state index contributed by atoms with van der Waals surface area (Å²) in [7, 11) is -10.00. The summed E-state index contributed by atoms with van der Waals surface area (Å²) in [6, 6.07) is 0. The second-order valence-electron chi connectivity index (χ2n) is 25.9. The first kappa shape index (κ1) is 98.7. The van der Waals surface area contributed by atoms with Crippen LogP contribution in [-0.4, -0.2) is 96.7 Å². The first-order valence-electron chi connectivity index (χ1n) is 39.7. The average Bonchev–Trinajstić information content (AvgIpc) is 0.939. The lowest BCUT2D eigenvalue weighted by atomic mass is 10.0. The Hall–Kier alpha value is -5.32. The van der Waals surface area contributed by atoms with Gasteiger partial charge in [0.1, 0.15) is 19.3 Å². The Bertz CT molecular complexity index is 2590. The Morgan fingerprint density at radius 3 is 0.827 bits per heavy atom. The Labute approximate surface area is 629 Å². The van der Waals surface area contributed by atoms with Crippen LogP contribution < -0.4 is 0 Å². The van der Waals surface area contributed by atoms with Crippen LogP contribution in [0.25, 0.3) is 0 Å². The van der Waals surface area contributed by atoms with Crippen molar-refractivity contribution >= 4 is 39.5 Å². The third kappa shape index (κ3) is 74.9. The van der Waals surface area contributed by atoms with Gasteiger partial charge < -0.3 is 33.8 Å². The number of phosphoric ester groups is 2. The molecule has 0 fully saturated rings. The molecule has 0 saturated heterocycles. The number of ether oxygens (including phenoxy) is 4. The van der Waals surface area contributed by atoms with Gasteiger partial charge in [0.15, 0.2) is 12.2 Å². The Balaban J connectivity index is 5.45. The van der Waals surface area contributed by atoms with Crippen molar-refractivity contribution in [3.05, 3.63) is 158 Å². The highest BCUT2D eigenvalue weighted by atomic mass is 31.2. The van der Waals surface area contributed by atoms with Gasteiger partial charge in [0, 0.05) is 25.7 Å². The number of carbonyl (C=O) groups excluding carboxylic acids is 4. The Morgan fingerprint density at radius 1 is 0.279 bits per heavy atom. The van der Waals surface area contributed by atoms with E-state index >= 15 is 0 Å². The molecule has 19 heteroatoms. The number of carbonyl (C=O) groups is 4. The maximum atomic E-state index is 13.1. The molecule has 0 bridgehead atoms. The summed E-state index contributed by atoms with van der Waals surface area (Å²) < 4.78 is 68.5. The fraction of sp³-hybridized carbons (Fsp3) is 0.647. The predicted molar refractivity (Wildman–Crippen MR) is 427 cm³/mol. The zero-order valence-electron chi connectivity index (χ0n) is 64.6. The summed E-state index contributed by atoms with van der Waals surface area (Å²) in [5.41, 5.74) is 0. The van der Waals surface area contributed by atoms with Gasteiger partial charge in [-0.3, -0.25) is 37.3 Å². The van der Waals surface area contributed by atoms with Crippen LogP contribution in [0.3, 0.4) is 0 Å². The minimum Gasteiger partial charge on any atom is -0.462 e. The van der Waals surface area contributed by atoms with Crippen molar-refractivity contribution in [3.63, 3.8) is 0 Å². The lowest BCUT2D eigenvalue weighted by Crippen LogP contribution is -2.30. The van der Waals surface area contributed by atoms with E-state index in [0.717, 1.165) is 161 Å². The number of esters is 4. The van der Waals surface area contributed by atoms with Crippen molar-refractivity contribution in [2.75, 3.05) is 39.6 Å². The highest BCUT2D eigenvalue weighted by Crippen LogP contribution is 2.45. The number of phosphoric acid groups is 2. The van der Waals surface area contributed by atoms with E-state index in [2.05, 4.69) is 167 Å². The maximum absolute atomic E-state index is 13.1. The first-order valence-corrected chi connectivity index (χ1v) is 42.7. The molecule has 0 saturated carbocycles. The molecule has 104 heavy (non-hydrogen) atoms. The van der Waals surface area contributed by atoms with Gasteiger partial charge in [-0.1, -0.05) is 295 Å². The zero-order valence-corrected chi connectivity index (χ0v) is 66.4. The molecule has 0 spiro atoms. The van der Waals surface area contributed by atoms with Crippen molar-refractivity contribution in [2.45, 2.75) is 316 Å². The summed E-state index contributed by atoms with van der Waals surface area (Å²) in [5, 5.41) is 10.6. The molecule has 0 aliphatic rings. The highest BCUT2D eigenvalue weighted by Gasteiger charge is 2.30. The molecule has 5 atom stereocenters. The van der Waals surface area contributed by atoms with E-state index in [1.54, 1.807) is 0 Å². The average molecular weight is 1500 g/mol. The van der Waals surface area contributed by atoms with Crippen LogP contribution in [0.15, 0.2) is 158 Å². The lowest BCUT2D eigenvalue weighted by Gasteiger charge is -2.21. The lowest BCUT2D eigenvalue weighted by molar-refractivity contribution is -0.161. The number of rotatable bonds is 73. The molecule has 3 N–H and O–H groups in total. The van der Waals surface area contributed by atoms with Crippen molar-refractivity contribution in [3.8, 4) is 0 Å². The fourth-order valence-electron chi connectivity index (χ4n) is 10.1. The fourth-order valence-corrected chi connectivity index (χ4v) is 11.7. The topological polar surface area (TPSA) is 237 Å².